The first kappa shape index (κ1) is 26.3. The Hall–Kier alpha value is -2.81. The largest absolute Gasteiger partial charge is 0.456 e. The molecule has 0 aliphatic carbocycles. The summed E-state index contributed by atoms with van der Waals surface area (Å²) in [5, 5.41) is 14.6. The van der Waals surface area contributed by atoms with Gasteiger partial charge in [-0.2, -0.15) is 0 Å². The summed E-state index contributed by atoms with van der Waals surface area (Å²) in [7, 11) is 3.69. The summed E-state index contributed by atoms with van der Waals surface area (Å²) < 4.78 is 22.0. The van der Waals surface area contributed by atoms with Crippen LogP contribution >= 0.6 is 11.9 Å². The van der Waals surface area contributed by atoms with Gasteiger partial charge in [0.25, 0.3) is 0 Å². The van der Waals surface area contributed by atoms with Gasteiger partial charge in [-0.25, -0.2) is 4.39 Å². The fourth-order valence-corrected chi connectivity index (χ4v) is 5.22. The molecular formula is C28H34FN3O3S. The van der Waals surface area contributed by atoms with E-state index in [-0.39, 0.29) is 17.6 Å². The van der Waals surface area contributed by atoms with Crippen LogP contribution < -0.4 is 9.62 Å². The van der Waals surface area contributed by atoms with E-state index in [0.717, 1.165) is 41.6 Å². The lowest BCUT2D eigenvalue weighted by atomic mass is 9.88. The number of carbonyl (C=O) groups excluding carboxylic acids is 1. The lowest BCUT2D eigenvalue weighted by molar-refractivity contribution is -0.127. The predicted octanol–water partition coefficient (Wildman–Crippen LogP) is 5.84. The summed E-state index contributed by atoms with van der Waals surface area (Å²) in [6.45, 7) is 5.26. The molecule has 1 fully saturated rings. The van der Waals surface area contributed by atoms with Gasteiger partial charge >= 0.3 is 0 Å². The van der Waals surface area contributed by atoms with Crippen LogP contribution in [0.4, 0.5) is 10.1 Å². The summed E-state index contributed by atoms with van der Waals surface area (Å²) in [4.78, 5) is 14.7. The molecule has 0 bridgehead atoms. The van der Waals surface area contributed by atoms with Crippen molar-refractivity contribution in [2.45, 2.75) is 38.8 Å². The highest BCUT2D eigenvalue weighted by Gasteiger charge is 2.29. The standard InChI is InChI=1S/C28H34FN3O3S/c1-17(2)13-25(33)32-12-6-7-19(16-32)21-14-22-24(15-23(21)31(4)36-5)35-27(26(22)28(34)30-3)18-8-10-20(29)11-9-18/h8-11,13-15,19,28,30,34H,6-7,12,16H2,1-5H3. The topological polar surface area (TPSA) is 69.0 Å². The molecule has 192 valence electrons. The van der Waals surface area contributed by atoms with Crippen LogP contribution in [0.2, 0.25) is 0 Å². The predicted molar refractivity (Wildman–Crippen MR) is 146 cm³/mol. The first-order chi connectivity index (χ1) is 17.2. The smallest absolute Gasteiger partial charge is 0.246 e. The zero-order valence-electron chi connectivity index (χ0n) is 21.5. The fraction of sp³-hybridized carbons (Fsp3) is 0.393. The number of rotatable bonds is 7. The number of nitrogens with one attached hydrogen (secondary N) is 1. The van der Waals surface area contributed by atoms with Gasteiger partial charge in [0.2, 0.25) is 5.91 Å². The second kappa shape index (κ2) is 11.1. The molecular weight excluding hydrogens is 477 g/mol. The number of likely N-dealkylation sites (tertiary alicyclic amines) is 1. The molecule has 36 heavy (non-hydrogen) atoms. The molecule has 0 spiro atoms. The van der Waals surface area contributed by atoms with Crippen molar-refractivity contribution in [2.24, 2.45) is 0 Å². The van der Waals surface area contributed by atoms with E-state index in [1.165, 1.54) is 12.1 Å². The van der Waals surface area contributed by atoms with Gasteiger partial charge in [0.15, 0.2) is 0 Å². The van der Waals surface area contributed by atoms with Crippen LogP contribution in [0.5, 0.6) is 0 Å². The highest BCUT2D eigenvalue weighted by molar-refractivity contribution is 7.99. The third-order valence-corrected chi connectivity index (χ3v) is 7.47. The van der Waals surface area contributed by atoms with Crippen LogP contribution in [0, 0.1) is 5.82 Å². The number of halogens is 1. The van der Waals surface area contributed by atoms with Gasteiger partial charge in [-0.1, -0.05) is 17.5 Å². The number of fused-ring (bicyclic) bond motifs is 1. The van der Waals surface area contributed by atoms with Gasteiger partial charge in [0, 0.05) is 61.0 Å². The second-order valence-electron chi connectivity index (χ2n) is 9.48. The molecule has 2 N–H and O–H groups in total. The average molecular weight is 512 g/mol. The summed E-state index contributed by atoms with van der Waals surface area (Å²) in [5.41, 5.74) is 5.07. The van der Waals surface area contributed by atoms with Crippen molar-refractivity contribution in [3.8, 4) is 11.3 Å². The van der Waals surface area contributed by atoms with E-state index in [4.69, 9.17) is 4.42 Å². The maximum atomic E-state index is 13.6. The Morgan fingerprint density at radius 1 is 1.31 bits per heavy atom. The third kappa shape index (κ3) is 5.31. The summed E-state index contributed by atoms with van der Waals surface area (Å²) in [5.74, 6) is 0.367. The van der Waals surface area contributed by atoms with E-state index in [0.29, 0.717) is 29.0 Å². The van der Waals surface area contributed by atoms with Crippen molar-refractivity contribution in [3.05, 3.63) is 65.0 Å². The summed E-state index contributed by atoms with van der Waals surface area (Å²) in [6.07, 6.45) is 4.64. The van der Waals surface area contributed by atoms with E-state index in [9.17, 15) is 14.3 Å². The Bertz CT molecular complexity index is 1270. The second-order valence-corrected chi connectivity index (χ2v) is 10.4. The molecule has 6 nitrogen and oxygen atoms in total. The minimum atomic E-state index is -0.967. The van der Waals surface area contributed by atoms with Gasteiger partial charge < -0.3 is 18.7 Å². The molecule has 0 saturated carbocycles. The van der Waals surface area contributed by atoms with Crippen LogP contribution in [-0.2, 0) is 4.79 Å². The maximum absolute atomic E-state index is 13.6. The summed E-state index contributed by atoms with van der Waals surface area (Å²) >= 11 is 1.60. The van der Waals surface area contributed by atoms with E-state index in [1.807, 2.05) is 38.1 Å². The Morgan fingerprint density at radius 3 is 2.67 bits per heavy atom. The van der Waals surface area contributed by atoms with Gasteiger partial charge in [-0.15, -0.1) is 0 Å². The first-order valence-electron chi connectivity index (χ1n) is 12.2. The zero-order valence-corrected chi connectivity index (χ0v) is 22.3. The van der Waals surface area contributed by atoms with Crippen LogP contribution in [0.15, 0.2) is 52.5 Å². The quantitative estimate of drug-likeness (QED) is 0.236. The average Bonchev–Trinajstić information content (AvgIpc) is 3.25. The number of amides is 1. The Labute approximate surface area is 216 Å². The van der Waals surface area contributed by atoms with Crippen LogP contribution in [-0.4, -0.2) is 49.4 Å². The molecule has 1 aromatic heterocycles. The lowest BCUT2D eigenvalue weighted by Gasteiger charge is -2.34. The molecule has 1 saturated heterocycles. The number of hydrogen-bond acceptors (Lipinski definition) is 6. The molecule has 0 radical (unpaired) electrons. The van der Waals surface area contributed by atoms with Crippen LogP contribution in [0.3, 0.4) is 0 Å². The molecule has 2 atom stereocenters. The Balaban J connectivity index is 1.86. The number of nitrogens with zero attached hydrogens (tertiary/aromatic N) is 2. The summed E-state index contributed by atoms with van der Waals surface area (Å²) in [6, 6.07) is 10.2. The molecule has 1 aliphatic heterocycles. The van der Waals surface area contributed by atoms with Gasteiger partial charge in [-0.3, -0.25) is 10.1 Å². The van der Waals surface area contributed by atoms with E-state index in [2.05, 4.69) is 15.7 Å². The third-order valence-electron chi connectivity index (χ3n) is 6.73. The number of hydrogen-bond donors (Lipinski definition) is 2. The van der Waals surface area contributed by atoms with Gasteiger partial charge in [-0.05, 0) is 69.6 Å². The number of benzene rings is 2. The number of piperidine rings is 1. The highest BCUT2D eigenvalue weighted by atomic mass is 32.2. The number of allylic oxidation sites excluding steroid dienone is 1. The van der Waals surface area contributed by atoms with Crippen molar-refractivity contribution < 1.29 is 18.7 Å². The Morgan fingerprint density at radius 2 is 2.03 bits per heavy atom. The van der Waals surface area contributed by atoms with Gasteiger partial charge in [0.05, 0.1) is 5.69 Å². The number of aliphatic hydroxyl groups excluding tert-OH is 1. The van der Waals surface area contributed by atoms with Crippen LogP contribution in [0.25, 0.3) is 22.3 Å². The number of furan rings is 1. The van der Waals surface area contributed by atoms with Gasteiger partial charge in [0.1, 0.15) is 23.4 Å². The van der Waals surface area contributed by atoms with E-state index >= 15 is 0 Å². The zero-order chi connectivity index (χ0) is 26.0. The minimum absolute atomic E-state index is 0.0498. The molecule has 1 amide bonds. The van der Waals surface area contributed by atoms with Crippen molar-refractivity contribution in [2.75, 3.05) is 37.7 Å². The number of aliphatic hydroxyl groups is 1. The Kier molecular flexibility index (Phi) is 8.07. The lowest BCUT2D eigenvalue weighted by Crippen LogP contribution is -2.38. The fourth-order valence-electron chi connectivity index (χ4n) is 4.87. The minimum Gasteiger partial charge on any atom is -0.456 e. The molecule has 2 heterocycles. The number of carbonyl (C=O) groups is 1. The maximum Gasteiger partial charge on any atom is 0.246 e. The molecule has 2 unspecified atom stereocenters. The molecule has 8 heteroatoms. The van der Waals surface area contributed by atoms with Crippen LogP contribution in [0.1, 0.15) is 50.0 Å². The van der Waals surface area contributed by atoms with Crippen molar-refractivity contribution in [1.29, 1.82) is 0 Å². The first-order valence-corrected chi connectivity index (χ1v) is 13.3. The SMILES string of the molecule is CNC(O)c1c(-c2ccc(F)cc2)oc2cc(N(C)SC)c(C3CCCN(C(=O)C=C(C)C)C3)cc12. The monoisotopic (exact) mass is 511 g/mol. The van der Waals surface area contributed by atoms with Crippen molar-refractivity contribution in [3.63, 3.8) is 0 Å². The molecule has 2 aromatic carbocycles. The normalized spacial score (nSPS) is 16.8. The van der Waals surface area contributed by atoms with Crippen molar-refractivity contribution >= 4 is 34.5 Å². The highest BCUT2D eigenvalue weighted by Crippen LogP contribution is 2.43. The molecule has 4 rings (SSSR count). The molecule has 1 aliphatic rings. The van der Waals surface area contributed by atoms with E-state index in [1.54, 1.807) is 37.2 Å². The number of anilines is 1. The molecule has 3 aromatic rings. The van der Waals surface area contributed by atoms with Crippen molar-refractivity contribution in [1.82, 2.24) is 10.2 Å². The van der Waals surface area contributed by atoms with E-state index < -0.39 is 6.23 Å².